The molecular weight excluding hydrogens is 247 g/mol. The number of ether oxygens (including phenoxy) is 2. The first kappa shape index (κ1) is 13.0. The summed E-state index contributed by atoms with van der Waals surface area (Å²) in [7, 11) is 0. The zero-order valence-electron chi connectivity index (χ0n) is 9.88. The highest BCUT2D eigenvalue weighted by molar-refractivity contribution is 5.60. The fourth-order valence-corrected chi connectivity index (χ4v) is 1.73. The van der Waals surface area contributed by atoms with E-state index in [9.17, 15) is 13.2 Å². The quantitative estimate of drug-likeness (QED) is 0.907. The second-order valence-electron chi connectivity index (χ2n) is 3.99. The predicted molar refractivity (Wildman–Crippen MR) is 60.8 cm³/mol. The second kappa shape index (κ2) is 5.06. The van der Waals surface area contributed by atoms with Crippen molar-refractivity contribution in [2.75, 3.05) is 25.1 Å². The van der Waals surface area contributed by atoms with Crippen LogP contribution in [0.5, 0.6) is 5.75 Å². The summed E-state index contributed by atoms with van der Waals surface area (Å²) in [5.41, 5.74) is -0.307. The van der Waals surface area contributed by atoms with Gasteiger partial charge in [0.1, 0.15) is 11.9 Å². The van der Waals surface area contributed by atoms with E-state index in [0.717, 1.165) is 12.1 Å². The van der Waals surface area contributed by atoms with E-state index in [2.05, 4.69) is 5.32 Å². The van der Waals surface area contributed by atoms with E-state index in [1.54, 1.807) is 0 Å². The lowest BCUT2D eigenvalue weighted by atomic mass is 10.1. The first-order valence-corrected chi connectivity index (χ1v) is 5.70. The summed E-state index contributed by atoms with van der Waals surface area (Å²) in [5.74, 6) is 0.430. The van der Waals surface area contributed by atoms with Gasteiger partial charge in [0.25, 0.3) is 0 Å². The molecule has 1 N–H and O–H groups in total. The summed E-state index contributed by atoms with van der Waals surface area (Å²) in [4.78, 5) is 0. The number of rotatable bonds is 3. The molecule has 1 heterocycles. The number of anilines is 1. The Kier molecular flexibility index (Phi) is 3.65. The molecule has 18 heavy (non-hydrogen) atoms. The summed E-state index contributed by atoms with van der Waals surface area (Å²) in [5, 5.41) is 2.93. The molecule has 2 rings (SSSR count). The highest BCUT2D eigenvalue weighted by Gasteiger charge is 2.32. The van der Waals surface area contributed by atoms with Crippen LogP contribution in [0.25, 0.3) is 0 Å². The molecule has 0 aromatic heterocycles. The monoisotopic (exact) mass is 261 g/mol. The van der Waals surface area contributed by atoms with E-state index in [1.165, 1.54) is 6.07 Å². The van der Waals surface area contributed by atoms with Crippen molar-refractivity contribution in [3.8, 4) is 5.75 Å². The van der Waals surface area contributed by atoms with Gasteiger partial charge >= 0.3 is 6.18 Å². The molecular formula is C12H14F3NO2. The topological polar surface area (TPSA) is 30.5 Å². The molecule has 0 fully saturated rings. The van der Waals surface area contributed by atoms with Crippen LogP contribution >= 0.6 is 0 Å². The first-order valence-electron chi connectivity index (χ1n) is 5.70. The summed E-state index contributed by atoms with van der Waals surface area (Å²) in [6, 6.07) is 3.42. The molecule has 0 amide bonds. The zero-order valence-corrected chi connectivity index (χ0v) is 9.88. The van der Waals surface area contributed by atoms with Crippen LogP contribution < -0.4 is 10.1 Å². The fraction of sp³-hybridized carbons (Fsp3) is 0.500. The van der Waals surface area contributed by atoms with Crippen molar-refractivity contribution in [3.05, 3.63) is 23.8 Å². The molecule has 1 atom stereocenters. The van der Waals surface area contributed by atoms with Gasteiger partial charge in [-0.1, -0.05) is 0 Å². The minimum atomic E-state index is -4.33. The van der Waals surface area contributed by atoms with Crippen molar-refractivity contribution in [1.82, 2.24) is 0 Å². The van der Waals surface area contributed by atoms with Crippen LogP contribution in [0.2, 0.25) is 0 Å². The average molecular weight is 261 g/mol. The molecule has 1 aromatic rings. The minimum absolute atomic E-state index is 0.172. The lowest BCUT2D eigenvalue weighted by molar-refractivity contribution is -0.137. The highest BCUT2D eigenvalue weighted by Crippen LogP contribution is 2.36. The third kappa shape index (κ3) is 2.87. The van der Waals surface area contributed by atoms with E-state index in [4.69, 9.17) is 9.47 Å². The molecule has 6 heteroatoms. The number of fused-ring (bicyclic) bond motifs is 1. The molecule has 1 unspecified atom stereocenters. The molecule has 3 nitrogen and oxygen atoms in total. The van der Waals surface area contributed by atoms with Crippen molar-refractivity contribution in [1.29, 1.82) is 0 Å². The maximum atomic E-state index is 12.5. The standard InChI is InChI=1S/C12H14F3NO2/c1-2-17-7-9-6-16-10-5-8(12(13,14)15)3-4-11(10)18-9/h3-5,9,16H,2,6-7H2,1H3. The fourth-order valence-electron chi connectivity index (χ4n) is 1.73. The number of halogens is 3. The van der Waals surface area contributed by atoms with E-state index in [0.29, 0.717) is 31.2 Å². The van der Waals surface area contributed by atoms with Gasteiger partial charge in [-0.2, -0.15) is 13.2 Å². The van der Waals surface area contributed by atoms with Crippen LogP contribution in [-0.4, -0.2) is 25.9 Å². The van der Waals surface area contributed by atoms with Gasteiger partial charge in [-0.15, -0.1) is 0 Å². The van der Waals surface area contributed by atoms with E-state index in [-0.39, 0.29) is 6.10 Å². The molecule has 1 aliphatic heterocycles. The minimum Gasteiger partial charge on any atom is -0.484 e. The van der Waals surface area contributed by atoms with Crippen molar-refractivity contribution in [2.45, 2.75) is 19.2 Å². The van der Waals surface area contributed by atoms with Crippen LogP contribution in [0, 0.1) is 0 Å². The predicted octanol–water partition coefficient (Wildman–Crippen LogP) is 2.91. The lowest BCUT2D eigenvalue weighted by Crippen LogP contribution is -2.34. The van der Waals surface area contributed by atoms with Crippen LogP contribution in [-0.2, 0) is 10.9 Å². The number of hydrogen-bond acceptors (Lipinski definition) is 3. The average Bonchev–Trinajstić information content (AvgIpc) is 2.34. The molecule has 1 aromatic carbocycles. The van der Waals surface area contributed by atoms with E-state index >= 15 is 0 Å². The molecule has 0 radical (unpaired) electrons. The number of alkyl halides is 3. The summed E-state index contributed by atoms with van der Waals surface area (Å²) in [6.07, 6.45) is -4.51. The van der Waals surface area contributed by atoms with Crippen LogP contribution in [0.1, 0.15) is 12.5 Å². The number of hydrogen-bond donors (Lipinski definition) is 1. The molecule has 0 aliphatic carbocycles. The van der Waals surface area contributed by atoms with Crippen molar-refractivity contribution in [2.24, 2.45) is 0 Å². The molecule has 0 saturated carbocycles. The van der Waals surface area contributed by atoms with Gasteiger partial charge in [-0.25, -0.2) is 0 Å². The molecule has 100 valence electrons. The van der Waals surface area contributed by atoms with Gasteiger partial charge in [-0.3, -0.25) is 0 Å². The van der Waals surface area contributed by atoms with Crippen LogP contribution in [0.4, 0.5) is 18.9 Å². The van der Waals surface area contributed by atoms with Gasteiger partial charge in [0.05, 0.1) is 24.4 Å². The molecule has 0 spiro atoms. The van der Waals surface area contributed by atoms with Gasteiger partial charge < -0.3 is 14.8 Å². The summed E-state index contributed by atoms with van der Waals surface area (Å²) < 4.78 is 48.3. The van der Waals surface area contributed by atoms with Crippen molar-refractivity contribution < 1.29 is 22.6 Å². The van der Waals surface area contributed by atoms with Gasteiger partial charge in [0, 0.05) is 6.61 Å². The third-order valence-electron chi connectivity index (χ3n) is 2.63. The Balaban J connectivity index is 2.11. The zero-order chi connectivity index (χ0) is 13.2. The summed E-state index contributed by atoms with van der Waals surface area (Å²) in [6.45, 7) is 3.32. The molecule has 0 bridgehead atoms. The van der Waals surface area contributed by atoms with Crippen LogP contribution in [0.15, 0.2) is 18.2 Å². The van der Waals surface area contributed by atoms with Gasteiger partial charge in [-0.05, 0) is 25.1 Å². The van der Waals surface area contributed by atoms with Gasteiger partial charge in [0.2, 0.25) is 0 Å². The van der Waals surface area contributed by atoms with Gasteiger partial charge in [0.15, 0.2) is 0 Å². The summed E-state index contributed by atoms with van der Waals surface area (Å²) >= 11 is 0. The normalized spacial score (nSPS) is 18.8. The smallest absolute Gasteiger partial charge is 0.416 e. The van der Waals surface area contributed by atoms with Crippen LogP contribution in [0.3, 0.4) is 0 Å². The Morgan fingerprint density at radius 1 is 1.44 bits per heavy atom. The van der Waals surface area contributed by atoms with Crippen molar-refractivity contribution in [3.63, 3.8) is 0 Å². The van der Waals surface area contributed by atoms with E-state index in [1.807, 2.05) is 6.92 Å². The lowest BCUT2D eigenvalue weighted by Gasteiger charge is -2.27. The third-order valence-corrected chi connectivity index (χ3v) is 2.63. The molecule has 1 aliphatic rings. The first-order chi connectivity index (χ1) is 8.50. The van der Waals surface area contributed by atoms with Crippen molar-refractivity contribution >= 4 is 5.69 Å². The Bertz CT molecular complexity index is 420. The Morgan fingerprint density at radius 2 is 2.22 bits per heavy atom. The van der Waals surface area contributed by atoms with E-state index < -0.39 is 11.7 Å². The molecule has 0 saturated heterocycles. The maximum Gasteiger partial charge on any atom is 0.416 e. The Hall–Kier alpha value is -1.43. The Labute approximate surface area is 103 Å². The maximum absolute atomic E-state index is 12.5. The largest absolute Gasteiger partial charge is 0.484 e. The highest BCUT2D eigenvalue weighted by atomic mass is 19.4. The Morgan fingerprint density at radius 3 is 2.89 bits per heavy atom. The second-order valence-corrected chi connectivity index (χ2v) is 3.99. The SMILES string of the molecule is CCOCC1CNc2cc(C(F)(F)F)ccc2O1. The number of benzene rings is 1. The number of nitrogens with one attached hydrogen (secondary N) is 1.